The van der Waals surface area contributed by atoms with Crippen molar-refractivity contribution in [1.82, 2.24) is 0 Å². The van der Waals surface area contributed by atoms with E-state index < -0.39 is 0 Å². The predicted molar refractivity (Wildman–Crippen MR) is 109 cm³/mol. The van der Waals surface area contributed by atoms with Crippen molar-refractivity contribution in [3.8, 4) is 11.5 Å². The molecule has 0 bridgehead atoms. The summed E-state index contributed by atoms with van der Waals surface area (Å²) >= 11 is 0. The zero-order valence-electron chi connectivity index (χ0n) is 15.4. The maximum Gasteiger partial charge on any atom is 0.115 e. The Labute approximate surface area is 160 Å². The average molecular weight is 362 g/mol. The van der Waals surface area contributed by atoms with Crippen molar-refractivity contribution < 1.29 is 15.3 Å². The second kappa shape index (κ2) is 9.24. The Hall–Kier alpha value is -2.78. The van der Waals surface area contributed by atoms with Gasteiger partial charge in [-0.15, -0.1) is 0 Å². The number of phenolic OH excluding ortho intramolecular Hbond substituents is 2. The first kappa shape index (κ1) is 19.0. The number of benzene rings is 2. The normalized spacial score (nSPS) is 12.9. The Morgan fingerprint density at radius 1 is 0.704 bits per heavy atom. The van der Waals surface area contributed by atoms with Crippen LogP contribution in [0, 0.1) is 0 Å². The first-order valence-corrected chi connectivity index (χ1v) is 9.45. The molecule has 0 fully saturated rings. The SMILES string of the molecule is OCCCCCC(=C1C=CC=C1)C(c1ccc(O)cc1)c1ccc(O)cc1. The van der Waals surface area contributed by atoms with Crippen LogP contribution in [0.15, 0.2) is 84.0 Å². The predicted octanol–water partition coefficient (Wildman–Crippen LogP) is 5.21. The van der Waals surface area contributed by atoms with Gasteiger partial charge in [0.25, 0.3) is 0 Å². The van der Waals surface area contributed by atoms with Crippen LogP contribution in [0.2, 0.25) is 0 Å². The van der Waals surface area contributed by atoms with Crippen LogP contribution in [0.4, 0.5) is 0 Å². The van der Waals surface area contributed by atoms with E-state index in [1.54, 1.807) is 24.3 Å². The maximum atomic E-state index is 9.70. The molecule has 3 N–H and O–H groups in total. The number of phenols is 2. The maximum absolute atomic E-state index is 9.70. The molecular weight excluding hydrogens is 336 g/mol. The Morgan fingerprint density at radius 2 is 1.22 bits per heavy atom. The number of allylic oxidation sites excluding steroid dienone is 6. The van der Waals surface area contributed by atoms with Crippen molar-refractivity contribution in [1.29, 1.82) is 0 Å². The molecule has 0 unspecified atom stereocenters. The van der Waals surface area contributed by atoms with Gasteiger partial charge in [-0.3, -0.25) is 0 Å². The Kier molecular flexibility index (Phi) is 6.50. The van der Waals surface area contributed by atoms with Gasteiger partial charge in [-0.1, -0.05) is 60.6 Å². The number of rotatable bonds is 8. The number of aromatic hydroxyl groups is 2. The van der Waals surface area contributed by atoms with E-state index in [0.717, 1.165) is 36.8 Å². The van der Waals surface area contributed by atoms with Crippen molar-refractivity contribution in [2.24, 2.45) is 0 Å². The van der Waals surface area contributed by atoms with Crippen molar-refractivity contribution in [2.75, 3.05) is 6.61 Å². The topological polar surface area (TPSA) is 60.7 Å². The highest BCUT2D eigenvalue weighted by Crippen LogP contribution is 2.39. The quantitative estimate of drug-likeness (QED) is 0.565. The summed E-state index contributed by atoms with van der Waals surface area (Å²) in [7, 11) is 0. The molecule has 2 aromatic rings. The first-order chi connectivity index (χ1) is 13.2. The molecule has 0 atom stereocenters. The number of aliphatic hydroxyl groups is 1. The van der Waals surface area contributed by atoms with Gasteiger partial charge in [0.1, 0.15) is 11.5 Å². The minimum Gasteiger partial charge on any atom is -0.508 e. The first-order valence-electron chi connectivity index (χ1n) is 9.45. The van der Waals surface area contributed by atoms with Crippen LogP contribution in [0.5, 0.6) is 11.5 Å². The number of aliphatic hydroxyl groups excluding tert-OH is 1. The molecule has 0 spiro atoms. The zero-order chi connectivity index (χ0) is 19.1. The fraction of sp³-hybridized carbons (Fsp3) is 0.250. The van der Waals surface area contributed by atoms with Crippen LogP contribution >= 0.6 is 0 Å². The van der Waals surface area contributed by atoms with Gasteiger partial charge in [0.2, 0.25) is 0 Å². The second-order valence-electron chi connectivity index (χ2n) is 6.85. The minimum absolute atomic E-state index is 0.0442. The van der Waals surface area contributed by atoms with Crippen LogP contribution in [-0.4, -0.2) is 21.9 Å². The monoisotopic (exact) mass is 362 g/mol. The third kappa shape index (κ3) is 4.89. The van der Waals surface area contributed by atoms with Gasteiger partial charge in [-0.05, 0) is 60.2 Å². The molecule has 140 valence electrons. The van der Waals surface area contributed by atoms with Crippen molar-refractivity contribution in [3.05, 3.63) is 95.1 Å². The largest absolute Gasteiger partial charge is 0.508 e. The van der Waals surface area contributed by atoms with Gasteiger partial charge in [0, 0.05) is 12.5 Å². The molecule has 27 heavy (non-hydrogen) atoms. The number of hydrogen-bond donors (Lipinski definition) is 3. The molecular formula is C24H26O3. The Bertz CT molecular complexity index is 767. The van der Waals surface area contributed by atoms with Gasteiger partial charge in [-0.25, -0.2) is 0 Å². The molecule has 0 saturated carbocycles. The van der Waals surface area contributed by atoms with Gasteiger partial charge in [0.05, 0.1) is 0 Å². The molecule has 0 aromatic heterocycles. The van der Waals surface area contributed by atoms with E-state index in [2.05, 4.69) is 12.2 Å². The fourth-order valence-electron chi connectivity index (χ4n) is 3.58. The van der Waals surface area contributed by atoms with E-state index in [9.17, 15) is 10.2 Å². The molecule has 0 amide bonds. The second-order valence-corrected chi connectivity index (χ2v) is 6.85. The summed E-state index contributed by atoms with van der Waals surface area (Å²) in [6, 6.07) is 14.7. The van der Waals surface area contributed by atoms with E-state index in [1.165, 1.54) is 11.1 Å². The third-order valence-corrected chi connectivity index (χ3v) is 4.94. The third-order valence-electron chi connectivity index (χ3n) is 4.94. The zero-order valence-corrected chi connectivity index (χ0v) is 15.4. The van der Waals surface area contributed by atoms with Gasteiger partial charge in [0.15, 0.2) is 0 Å². The van der Waals surface area contributed by atoms with Crippen molar-refractivity contribution in [2.45, 2.75) is 31.6 Å². The molecule has 1 aliphatic carbocycles. The molecule has 3 heteroatoms. The summed E-state index contributed by atoms with van der Waals surface area (Å²) in [6.45, 7) is 0.227. The summed E-state index contributed by atoms with van der Waals surface area (Å²) in [6.07, 6.45) is 12.1. The van der Waals surface area contributed by atoms with Gasteiger partial charge < -0.3 is 15.3 Å². The fourth-order valence-corrected chi connectivity index (χ4v) is 3.58. The molecule has 3 rings (SSSR count). The Morgan fingerprint density at radius 3 is 1.70 bits per heavy atom. The highest BCUT2D eigenvalue weighted by molar-refractivity contribution is 5.52. The number of hydrogen-bond acceptors (Lipinski definition) is 3. The molecule has 0 heterocycles. The van der Waals surface area contributed by atoms with Gasteiger partial charge in [-0.2, -0.15) is 0 Å². The van der Waals surface area contributed by atoms with Crippen LogP contribution in [0.3, 0.4) is 0 Å². The van der Waals surface area contributed by atoms with E-state index in [0.29, 0.717) is 0 Å². The lowest BCUT2D eigenvalue weighted by atomic mass is 9.80. The lowest BCUT2D eigenvalue weighted by molar-refractivity contribution is 0.283. The molecule has 2 aromatic carbocycles. The molecule has 0 aliphatic heterocycles. The van der Waals surface area contributed by atoms with Crippen molar-refractivity contribution >= 4 is 0 Å². The summed E-state index contributed by atoms with van der Waals surface area (Å²) in [4.78, 5) is 0. The molecule has 3 nitrogen and oxygen atoms in total. The van der Waals surface area contributed by atoms with Crippen LogP contribution in [0.1, 0.15) is 42.7 Å². The lowest BCUT2D eigenvalue weighted by Gasteiger charge is -2.24. The van der Waals surface area contributed by atoms with E-state index in [4.69, 9.17) is 5.11 Å². The minimum atomic E-state index is 0.0442. The highest BCUT2D eigenvalue weighted by atomic mass is 16.3. The summed E-state index contributed by atoms with van der Waals surface area (Å²) < 4.78 is 0. The Balaban J connectivity index is 2.03. The average Bonchev–Trinajstić information content (AvgIpc) is 3.21. The van der Waals surface area contributed by atoms with E-state index in [-0.39, 0.29) is 24.0 Å². The van der Waals surface area contributed by atoms with Crippen LogP contribution in [0.25, 0.3) is 0 Å². The molecule has 0 radical (unpaired) electrons. The highest BCUT2D eigenvalue weighted by Gasteiger charge is 2.21. The van der Waals surface area contributed by atoms with Crippen LogP contribution in [-0.2, 0) is 0 Å². The standard InChI is InChI=1S/C24H26O3/c25-17-5-1-2-8-23(18-6-3-4-7-18)24(19-9-13-21(26)14-10-19)20-11-15-22(27)16-12-20/h3-4,6-7,9-16,24-27H,1-2,5,8,17H2. The lowest BCUT2D eigenvalue weighted by Crippen LogP contribution is -2.07. The summed E-state index contributed by atoms with van der Waals surface area (Å²) in [5.41, 5.74) is 4.74. The number of unbranched alkanes of at least 4 members (excludes halogenated alkanes) is 2. The molecule has 1 aliphatic rings. The smallest absolute Gasteiger partial charge is 0.115 e. The summed E-state index contributed by atoms with van der Waals surface area (Å²) in [5.74, 6) is 0.546. The van der Waals surface area contributed by atoms with Gasteiger partial charge >= 0.3 is 0 Å². The summed E-state index contributed by atoms with van der Waals surface area (Å²) in [5, 5.41) is 28.5. The molecule has 0 saturated heterocycles. The van der Waals surface area contributed by atoms with Crippen LogP contribution < -0.4 is 0 Å². The van der Waals surface area contributed by atoms with E-state index in [1.807, 2.05) is 36.4 Å². The van der Waals surface area contributed by atoms with Crippen molar-refractivity contribution in [3.63, 3.8) is 0 Å². The van der Waals surface area contributed by atoms with E-state index >= 15 is 0 Å².